The van der Waals surface area contributed by atoms with Crippen LogP contribution >= 0.6 is 0 Å². The molecule has 3 N–H and O–H groups in total. The number of hydrogen-bond acceptors (Lipinski definition) is 5. The van der Waals surface area contributed by atoms with Gasteiger partial charge >= 0.3 is 0 Å². The predicted octanol–water partition coefficient (Wildman–Crippen LogP) is 2.48. The number of nitrogens with zero attached hydrogens (tertiary/aromatic N) is 1. The largest absolute Gasteiger partial charge is 0.493 e. The van der Waals surface area contributed by atoms with E-state index in [4.69, 9.17) is 15.2 Å². The van der Waals surface area contributed by atoms with Gasteiger partial charge in [-0.15, -0.1) is 0 Å². The SMILES string of the molecule is CCN(CCNCc1ccc(OCC(N)=O)c(OC)c1)c1cccc(C)c1. The molecule has 0 saturated carbocycles. The van der Waals surface area contributed by atoms with Gasteiger partial charge in [-0.2, -0.15) is 0 Å². The van der Waals surface area contributed by atoms with Crippen molar-refractivity contribution >= 4 is 11.6 Å². The Morgan fingerprint density at radius 2 is 2.00 bits per heavy atom. The fourth-order valence-electron chi connectivity index (χ4n) is 2.83. The molecule has 6 heteroatoms. The first kappa shape index (κ1) is 20.6. The molecule has 0 aliphatic heterocycles. The molecule has 0 unspecified atom stereocenters. The lowest BCUT2D eigenvalue weighted by atomic mass is 10.2. The number of hydrogen-bond donors (Lipinski definition) is 2. The normalized spacial score (nSPS) is 10.5. The van der Waals surface area contributed by atoms with Gasteiger partial charge in [-0.05, 0) is 49.2 Å². The summed E-state index contributed by atoms with van der Waals surface area (Å²) in [6.07, 6.45) is 0. The maximum atomic E-state index is 10.9. The monoisotopic (exact) mass is 371 g/mol. The van der Waals surface area contributed by atoms with E-state index in [0.29, 0.717) is 11.5 Å². The minimum Gasteiger partial charge on any atom is -0.493 e. The van der Waals surface area contributed by atoms with Gasteiger partial charge in [0, 0.05) is 31.9 Å². The average molecular weight is 371 g/mol. The van der Waals surface area contributed by atoms with Gasteiger partial charge < -0.3 is 25.4 Å². The molecule has 1 amide bonds. The number of rotatable bonds is 11. The first-order valence-corrected chi connectivity index (χ1v) is 9.13. The van der Waals surface area contributed by atoms with Crippen molar-refractivity contribution in [2.24, 2.45) is 5.73 Å². The minimum atomic E-state index is -0.517. The molecule has 27 heavy (non-hydrogen) atoms. The maximum absolute atomic E-state index is 10.9. The van der Waals surface area contributed by atoms with Gasteiger partial charge in [0.05, 0.1) is 7.11 Å². The fourth-order valence-corrected chi connectivity index (χ4v) is 2.83. The smallest absolute Gasteiger partial charge is 0.255 e. The van der Waals surface area contributed by atoms with Gasteiger partial charge in [-0.1, -0.05) is 18.2 Å². The molecule has 0 aliphatic carbocycles. The number of methoxy groups -OCH3 is 1. The molecular formula is C21H29N3O3. The zero-order valence-corrected chi connectivity index (χ0v) is 16.3. The highest BCUT2D eigenvalue weighted by Gasteiger charge is 2.08. The summed E-state index contributed by atoms with van der Waals surface area (Å²) in [5.74, 6) is 0.582. The first-order valence-electron chi connectivity index (χ1n) is 9.13. The summed E-state index contributed by atoms with van der Waals surface area (Å²) in [5.41, 5.74) is 8.71. The number of nitrogens with one attached hydrogen (secondary N) is 1. The molecule has 0 atom stereocenters. The Balaban J connectivity index is 1.86. The van der Waals surface area contributed by atoms with E-state index in [2.05, 4.69) is 48.3 Å². The topological polar surface area (TPSA) is 76.8 Å². The number of nitrogens with two attached hydrogens (primary N) is 1. The number of carbonyl (C=O) groups excluding carboxylic acids is 1. The Morgan fingerprint density at radius 3 is 2.67 bits per heavy atom. The summed E-state index contributed by atoms with van der Waals surface area (Å²) >= 11 is 0. The Labute approximate surface area is 161 Å². The van der Waals surface area contributed by atoms with Gasteiger partial charge in [0.25, 0.3) is 5.91 Å². The van der Waals surface area contributed by atoms with Crippen LogP contribution in [0.2, 0.25) is 0 Å². The molecule has 146 valence electrons. The maximum Gasteiger partial charge on any atom is 0.255 e. The number of primary amides is 1. The van der Waals surface area contributed by atoms with E-state index in [1.807, 2.05) is 12.1 Å². The van der Waals surface area contributed by atoms with Crippen LogP contribution in [-0.4, -0.2) is 39.3 Å². The third-order valence-electron chi connectivity index (χ3n) is 4.23. The van der Waals surface area contributed by atoms with Crippen LogP contribution < -0.4 is 25.4 Å². The predicted molar refractivity (Wildman–Crippen MR) is 108 cm³/mol. The van der Waals surface area contributed by atoms with Gasteiger partial charge in [-0.25, -0.2) is 0 Å². The van der Waals surface area contributed by atoms with E-state index >= 15 is 0 Å². The Bertz CT molecular complexity index is 749. The number of amides is 1. The van der Waals surface area contributed by atoms with Crippen molar-refractivity contribution in [2.75, 3.05) is 38.3 Å². The van der Waals surface area contributed by atoms with Crippen LogP contribution in [0.25, 0.3) is 0 Å². The van der Waals surface area contributed by atoms with Crippen LogP contribution in [0, 0.1) is 6.92 Å². The zero-order chi connectivity index (χ0) is 19.6. The molecule has 2 aromatic rings. The number of aryl methyl sites for hydroxylation is 1. The van der Waals surface area contributed by atoms with Crippen LogP contribution in [0.3, 0.4) is 0 Å². The van der Waals surface area contributed by atoms with E-state index in [-0.39, 0.29) is 6.61 Å². The molecule has 0 aromatic heterocycles. The molecule has 0 bridgehead atoms. The molecule has 2 aromatic carbocycles. The second-order valence-corrected chi connectivity index (χ2v) is 6.34. The summed E-state index contributed by atoms with van der Waals surface area (Å²) in [6.45, 7) is 7.58. The Hall–Kier alpha value is -2.73. The number of ether oxygens (including phenoxy) is 2. The van der Waals surface area contributed by atoms with Crippen LogP contribution in [0.1, 0.15) is 18.1 Å². The summed E-state index contributed by atoms with van der Waals surface area (Å²) in [5, 5.41) is 3.46. The van der Waals surface area contributed by atoms with Crippen molar-refractivity contribution in [3.05, 3.63) is 53.6 Å². The quantitative estimate of drug-likeness (QED) is 0.594. The highest BCUT2D eigenvalue weighted by molar-refractivity contribution is 5.75. The second kappa shape index (κ2) is 10.4. The van der Waals surface area contributed by atoms with E-state index in [9.17, 15) is 4.79 Å². The summed E-state index contributed by atoms with van der Waals surface area (Å²) in [7, 11) is 1.57. The molecule has 0 spiro atoms. The standard InChI is InChI=1S/C21H29N3O3/c1-4-24(18-7-5-6-16(2)12-18)11-10-23-14-17-8-9-19(20(13-17)26-3)27-15-21(22)25/h5-9,12-13,23H,4,10-11,14-15H2,1-3H3,(H2,22,25). The zero-order valence-electron chi connectivity index (χ0n) is 16.3. The van der Waals surface area contributed by atoms with Crippen molar-refractivity contribution in [3.63, 3.8) is 0 Å². The highest BCUT2D eigenvalue weighted by atomic mass is 16.5. The van der Waals surface area contributed by atoms with E-state index < -0.39 is 5.91 Å². The minimum absolute atomic E-state index is 0.167. The van der Waals surface area contributed by atoms with Crippen molar-refractivity contribution in [1.29, 1.82) is 0 Å². The van der Waals surface area contributed by atoms with Gasteiger partial charge in [0.2, 0.25) is 0 Å². The third-order valence-corrected chi connectivity index (χ3v) is 4.23. The van der Waals surface area contributed by atoms with E-state index in [1.165, 1.54) is 11.3 Å². The molecule has 0 radical (unpaired) electrons. The Morgan fingerprint density at radius 1 is 1.19 bits per heavy atom. The molecule has 0 heterocycles. The van der Waals surface area contributed by atoms with Crippen molar-refractivity contribution < 1.29 is 14.3 Å². The van der Waals surface area contributed by atoms with E-state index in [1.54, 1.807) is 13.2 Å². The van der Waals surface area contributed by atoms with Crippen molar-refractivity contribution in [3.8, 4) is 11.5 Å². The Kier molecular flexibility index (Phi) is 7.95. The molecule has 0 aliphatic rings. The van der Waals surface area contributed by atoms with Gasteiger partial charge in [0.1, 0.15) is 0 Å². The third kappa shape index (κ3) is 6.49. The number of likely N-dealkylation sites (N-methyl/N-ethyl adjacent to an activating group) is 1. The molecular weight excluding hydrogens is 342 g/mol. The molecule has 2 rings (SSSR count). The summed E-state index contributed by atoms with van der Waals surface area (Å²) < 4.78 is 10.7. The summed E-state index contributed by atoms with van der Waals surface area (Å²) in [4.78, 5) is 13.2. The van der Waals surface area contributed by atoms with Crippen LogP contribution in [0.15, 0.2) is 42.5 Å². The number of benzene rings is 2. The first-order chi connectivity index (χ1) is 13.0. The lowest BCUT2D eigenvalue weighted by Gasteiger charge is -2.23. The van der Waals surface area contributed by atoms with Gasteiger partial charge in [-0.3, -0.25) is 4.79 Å². The molecule has 6 nitrogen and oxygen atoms in total. The average Bonchev–Trinajstić information content (AvgIpc) is 2.66. The van der Waals surface area contributed by atoms with Crippen LogP contribution in [-0.2, 0) is 11.3 Å². The summed E-state index contributed by atoms with van der Waals surface area (Å²) in [6, 6.07) is 14.2. The van der Waals surface area contributed by atoms with Crippen molar-refractivity contribution in [1.82, 2.24) is 5.32 Å². The second-order valence-electron chi connectivity index (χ2n) is 6.34. The lowest BCUT2D eigenvalue weighted by molar-refractivity contribution is -0.119. The van der Waals surface area contributed by atoms with Crippen molar-refractivity contribution in [2.45, 2.75) is 20.4 Å². The number of carbonyl (C=O) groups is 1. The van der Waals surface area contributed by atoms with Crippen LogP contribution in [0.4, 0.5) is 5.69 Å². The number of anilines is 1. The molecule has 0 fully saturated rings. The van der Waals surface area contributed by atoms with Crippen LogP contribution in [0.5, 0.6) is 11.5 Å². The highest BCUT2D eigenvalue weighted by Crippen LogP contribution is 2.28. The van der Waals surface area contributed by atoms with Gasteiger partial charge in [0.15, 0.2) is 18.1 Å². The fraction of sp³-hybridized carbons (Fsp3) is 0.381. The molecule has 0 saturated heterocycles. The van der Waals surface area contributed by atoms with E-state index in [0.717, 1.165) is 31.7 Å². The lowest BCUT2D eigenvalue weighted by Crippen LogP contribution is -2.31.